The van der Waals surface area contributed by atoms with E-state index in [2.05, 4.69) is 0 Å². The molecule has 20 heavy (non-hydrogen) atoms. The van der Waals surface area contributed by atoms with E-state index in [0.29, 0.717) is 12.9 Å². The lowest BCUT2D eigenvalue weighted by atomic mass is 10.1. The van der Waals surface area contributed by atoms with Gasteiger partial charge in [0.15, 0.2) is 0 Å². The number of carboxylic acid groups (broad SMARTS) is 1. The average Bonchev–Trinajstić information content (AvgIpc) is 2.39. The maximum atomic E-state index is 10.2. The van der Waals surface area contributed by atoms with Crippen molar-refractivity contribution >= 4 is 12.4 Å². The molecule has 2 unspecified atom stereocenters. The highest BCUT2D eigenvalue weighted by Gasteiger charge is 1.99. The van der Waals surface area contributed by atoms with Crippen LogP contribution in [0, 0.1) is 0 Å². The Morgan fingerprint density at radius 1 is 1.30 bits per heavy atom. The van der Waals surface area contributed by atoms with Crippen LogP contribution in [0.15, 0.2) is 36.5 Å². The Hall–Kier alpha value is -1.88. The SMILES string of the molecule is CC(CCCC=CCC(O)C=CC=CC(=O)O)OC=O. The summed E-state index contributed by atoms with van der Waals surface area (Å²) in [5.41, 5.74) is 0. The van der Waals surface area contributed by atoms with E-state index in [0.717, 1.165) is 25.3 Å². The van der Waals surface area contributed by atoms with Gasteiger partial charge in [-0.05, 0) is 32.6 Å². The second kappa shape index (κ2) is 12.2. The third-order valence-electron chi connectivity index (χ3n) is 2.50. The Bertz CT molecular complexity index is 357. The highest BCUT2D eigenvalue weighted by Crippen LogP contribution is 2.05. The van der Waals surface area contributed by atoms with Gasteiger partial charge in [-0.1, -0.05) is 30.4 Å². The van der Waals surface area contributed by atoms with E-state index in [1.165, 1.54) is 18.2 Å². The zero-order valence-corrected chi connectivity index (χ0v) is 11.6. The number of carbonyl (C=O) groups excluding carboxylic acids is 1. The Balaban J connectivity index is 3.68. The standard InChI is InChI=1S/C15H22O5/c1-13(20-12-16)8-4-2-3-5-9-14(17)10-6-7-11-15(18)19/h3,5-7,10-14,17H,2,4,8-9H2,1H3,(H,18,19). The first-order valence-electron chi connectivity index (χ1n) is 6.56. The summed E-state index contributed by atoms with van der Waals surface area (Å²) in [6.45, 7) is 2.30. The first-order valence-corrected chi connectivity index (χ1v) is 6.56. The number of rotatable bonds is 11. The number of allylic oxidation sites excluding steroid dienone is 3. The molecule has 5 heteroatoms. The fourth-order valence-corrected chi connectivity index (χ4v) is 1.45. The van der Waals surface area contributed by atoms with E-state index >= 15 is 0 Å². The highest BCUT2D eigenvalue weighted by molar-refractivity contribution is 5.80. The van der Waals surface area contributed by atoms with Crippen LogP contribution in [0.5, 0.6) is 0 Å². The van der Waals surface area contributed by atoms with E-state index in [4.69, 9.17) is 9.84 Å². The highest BCUT2D eigenvalue weighted by atomic mass is 16.5. The van der Waals surface area contributed by atoms with Crippen LogP contribution in [0.3, 0.4) is 0 Å². The molecule has 0 heterocycles. The van der Waals surface area contributed by atoms with Gasteiger partial charge in [-0.2, -0.15) is 0 Å². The molecule has 0 rings (SSSR count). The van der Waals surface area contributed by atoms with Gasteiger partial charge < -0.3 is 14.9 Å². The van der Waals surface area contributed by atoms with Gasteiger partial charge in [0.1, 0.15) is 0 Å². The minimum absolute atomic E-state index is 0.0598. The molecule has 0 radical (unpaired) electrons. The van der Waals surface area contributed by atoms with Crippen LogP contribution in [0.4, 0.5) is 0 Å². The Morgan fingerprint density at radius 2 is 2.05 bits per heavy atom. The van der Waals surface area contributed by atoms with Gasteiger partial charge >= 0.3 is 5.97 Å². The minimum Gasteiger partial charge on any atom is -0.478 e. The molecular weight excluding hydrogens is 260 g/mol. The van der Waals surface area contributed by atoms with Gasteiger partial charge in [0.25, 0.3) is 6.47 Å². The van der Waals surface area contributed by atoms with Gasteiger partial charge in [0.2, 0.25) is 0 Å². The number of carbonyl (C=O) groups is 2. The summed E-state index contributed by atoms with van der Waals surface area (Å²) < 4.78 is 4.76. The molecular formula is C15H22O5. The number of unbranched alkanes of at least 4 members (excludes halogenated alkanes) is 1. The van der Waals surface area contributed by atoms with Gasteiger partial charge in [0.05, 0.1) is 12.2 Å². The average molecular weight is 282 g/mol. The molecule has 5 nitrogen and oxygen atoms in total. The minimum atomic E-state index is -1.02. The van der Waals surface area contributed by atoms with Crippen LogP contribution in [-0.2, 0) is 14.3 Å². The fourth-order valence-electron chi connectivity index (χ4n) is 1.45. The van der Waals surface area contributed by atoms with Crippen LogP contribution >= 0.6 is 0 Å². The monoisotopic (exact) mass is 282 g/mol. The molecule has 0 saturated carbocycles. The van der Waals surface area contributed by atoms with Crippen molar-refractivity contribution in [2.24, 2.45) is 0 Å². The van der Waals surface area contributed by atoms with E-state index in [9.17, 15) is 14.7 Å². The van der Waals surface area contributed by atoms with Gasteiger partial charge in [0, 0.05) is 6.08 Å². The molecule has 0 aliphatic heterocycles. The number of hydrogen-bond acceptors (Lipinski definition) is 4. The first-order chi connectivity index (χ1) is 9.56. The van der Waals surface area contributed by atoms with Crippen molar-refractivity contribution in [3.8, 4) is 0 Å². The van der Waals surface area contributed by atoms with Crippen molar-refractivity contribution in [1.29, 1.82) is 0 Å². The molecule has 0 aliphatic carbocycles. The maximum Gasteiger partial charge on any atom is 0.328 e. The maximum absolute atomic E-state index is 10.2. The first kappa shape index (κ1) is 18.1. The molecule has 0 fully saturated rings. The van der Waals surface area contributed by atoms with Crippen molar-refractivity contribution < 1.29 is 24.5 Å². The van der Waals surface area contributed by atoms with E-state index in [-0.39, 0.29) is 6.10 Å². The van der Waals surface area contributed by atoms with Gasteiger partial charge in [-0.15, -0.1) is 0 Å². The molecule has 0 amide bonds. The van der Waals surface area contributed by atoms with Crippen molar-refractivity contribution in [1.82, 2.24) is 0 Å². The molecule has 0 spiro atoms. The molecule has 0 aromatic carbocycles. The molecule has 0 saturated heterocycles. The van der Waals surface area contributed by atoms with Crippen molar-refractivity contribution in [2.75, 3.05) is 0 Å². The number of hydrogen-bond donors (Lipinski definition) is 2. The number of ether oxygens (including phenoxy) is 1. The van der Waals surface area contributed by atoms with Crippen LogP contribution in [0.1, 0.15) is 32.6 Å². The lowest BCUT2D eigenvalue weighted by molar-refractivity contribution is -0.133. The predicted molar refractivity (Wildman–Crippen MR) is 76.1 cm³/mol. The third-order valence-corrected chi connectivity index (χ3v) is 2.50. The van der Waals surface area contributed by atoms with Crippen LogP contribution in [0.2, 0.25) is 0 Å². The molecule has 0 aromatic heterocycles. The molecule has 0 aromatic rings. The van der Waals surface area contributed by atoms with E-state index in [1.807, 2.05) is 19.1 Å². The van der Waals surface area contributed by atoms with Crippen LogP contribution in [0.25, 0.3) is 0 Å². The van der Waals surface area contributed by atoms with Crippen LogP contribution in [-0.4, -0.2) is 34.9 Å². The Morgan fingerprint density at radius 3 is 2.70 bits per heavy atom. The van der Waals surface area contributed by atoms with Crippen molar-refractivity contribution in [2.45, 2.75) is 44.8 Å². The summed E-state index contributed by atoms with van der Waals surface area (Å²) in [5.74, 6) is -1.02. The smallest absolute Gasteiger partial charge is 0.328 e. The number of aliphatic hydroxyl groups is 1. The third kappa shape index (κ3) is 12.6. The topological polar surface area (TPSA) is 83.8 Å². The second-order valence-electron chi connectivity index (χ2n) is 4.33. The summed E-state index contributed by atoms with van der Waals surface area (Å²) in [4.78, 5) is 20.2. The fraction of sp³-hybridized carbons (Fsp3) is 0.467. The van der Waals surface area contributed by atoms with Crippen molar-refractivity contribution in [3.05, 3.63) is 36.5 Å². The summed E-state index contributed by atoms with van der Waals surface area (Å²) >= 11 is 0. The predicted octanol–water partition coefficient (Wildman–Crippen LogP) is 2.22. The number of aliphatic carboxylic acids is 1. The largest absolute Gasteiger partial charge is 0.478 e. The number of aliphatic hydroxyl groups excluding tert-OH is 1. The summed E-state index contributed by atoms with van der Waals surface area (Å²) in [6, 6.07) is 0. The lowest BCUT2D eigenvalue weighted by Gasteiger charge is -2.07. The lowest BCUT2D eigenvalue weighted by Crippen LogP contribution is -2.05. The van der Waals surface area contributed by atoms with Crippen molar-refractivity contribution in [3.63, 3.8) is 0 Å². The molecule has 112 valence electrons. The second-order valence-corrected chi connectivity index (χ2v) is 4.33. The normalized spacial score (nSPS) is 14.9. The Labute approximate surface area is 119 Å². The van der Waals surface area contributed by atoms with E-state index in [1.54, 1.807) is 0 Å². The zero-order chi connectivity index (χ0) is 15.2. The number of carboxylic acids is 1. The molecule has 0 aliphatic rings. The summed E-state index contributed by atoms with van der Waals surface area (Å²) in [5, 5.41) is 17.9. The molecule has 0 bridgehead atoms. The van der Waals surface area contributed by atoms with E-state index < -0.39 is 12.1 Å². The molecule has 2 atom stereocenters. The summed E-state index contributed by atoms with van der Waals surface area (Å²) in [7, 11) is 0. The quantitative estimate of drug-likeness (QED) is 0.199. The zero-order valence-electron chi connectivity index (χ0n) is 11.6. The molecule has 2 N–H and O–H groups in total. The summed E-state index contributed by atoms with van der Waals surface area (Å²) in [6.07, 6.45) is 11.6. The van der Waals surface area contributed by atoms with Crippen LogP contribution < -0.4 is 0 Å². The van der Waals surface area contributed by atoms with Gasteiger partial charge in [-0.25, -0.2) is 4.79 Å². The Kier molecular flexibility index (Phi) is 11.0. The van der Waals surface area contributed by atoms with Gasteiger partial charge in [-0.3, -0.25) is 4.79 Å².